The van der Waals surface area contributed by atoms with E-state index in [9.17, 15) is 14.0 Å². The maximum atomic E-state index is 14.7. The van der Waals surface area contributed by atoms with Gasteiger partial charge in [-0.2, -0.15) is 0 Å². The van der Waals surface area contributed by atoms with Gasteiger partial charge in [-0.15, -0.1) is 0 Å². The van der Waals surface area contributed by atoms with Crippen molar-refractivity contribution >= 4 is 34.5 Å². The molecule has 3 aromatic carbocycles. The van der Waals surface area contributed by atoms with E-state index in [2.05, 4.69) is 15.3 Å². The van der Waals surface area contributed by atoms with Crippen LogP contribution in [0.3, 0.4) is 0 Å². The Balaban J connectivity index is 1.43. The SMILES string of the molecule is O=C1N[C@H](c2ccc(OCCO)cc2)C(=O)N1[C@@H](CCc1ccccc1)c1ncc(-c2ccc(I)cc2F)[nH]1. The molecule has 10 heteroatoms. The number of aromatic nitrogens is 2. The summed E-state index contributed by atoms with van der Waals surface area (Å²) in [6.07, 6.45) is 2.54. The average Bonchev–Trinajstić information content (AvgIpc) is 3.54. The summed E-state index contributed by atoms with van der Waals surface area (Å²) in [4.78, 5) is 35.7. The number of hydrogen-bond acceptors (Lipinski definition) is 5. The number of halogens is 2. The summed E-state index contributed by atoms with van der Waals surface area (Å²) in [5.74, 6) is 0.156. The number of benzene rings is 3. The van der Waals surface area contributed by atoms with Gasteiger partial charge < -0.3 is 20.1 Å². The maximum absolute atomic E-state index is 14.7. The number of H-pyrrole nitrogens is 1. The Kier molecular flexibility index (Phi) is 8.22. The maximum Gasteiger partial charge on any atom is 0.325 e. The first-order valence-electron chi connectivity index (χ1n) is 12.5. The number of aromatic amines is 1. The lowest BCUT2D eigenvalue weighted by Gasteiger charge is -2.24. The summed E-state index contributed by atoms with van der Waals surface area (Å²) in [6.45, 7) is 0.0511. The molecule has 0 radical (unpaired) electrons. The molecular formula is C29H26FIN4O4. The van der Waals surface area contributed by atoms with Gasteiger partial charge in [0.2, 0.25) is 0 Å². The molecule has 200 valence electrons. The number of hydrogen-bond donors (Lipinski definition) is 3. The molecule has 1 aliphatic rings. The Morgan fingerprint density at radius 2 is 1.85 bits per heavy atom. The smallest absolute Gasteiger partial charge is 0.325 e. The zero-order valence-corrected chi connectivity index (χ0v) is 23.0. The zero-order valence-electron chi connectivity index (χ0n) is 20.8. The number of amides is 3. The normalized spacial score (nSPS) is 15.9. The molecule has 3 amide bonds. The number of nitrogens with one attached hydrogen (secondary N) is 2. The number of ether oxygens (including phenoxy) is 1. The van der Waals surface area contributed by atoms with Gasteiger partial charge >= 0.3 is 6.03 Å². The van der Waals surface area contributed by atoms with Crippen LogP contribution in [0.4, 0.5) is 9.18 Å². The fourth-order valence-electron chi connectivity index (χ4n) is 4.62. The van der Waals surface area contributed by atoms with Gasteiger partial charge in [0.15, 0.2) is 0 Å². The van der Waals surface area contributed by atoms with Gasteiger partial charge in [0.1, 0.15) is 30.0 Å². The van der Waals surface area contributed by atoms with Crippen LogP contribution in [-0.4, -0.2) is 45.1 Å². The molecule has 2 heterocycles. The second-order valence-corrected chi connectivity index (χ2v) is 10.3. The van der Waals surface area contributed by atoms with E-state index >= 15 is 0 Å². The van der Waals surface area contributed by atoms with E-state index in [-0.39, 0.29) is 19.0 Å². The van der Waals surface area contributed by atoms with E-state index < -0.39 is 24.0 Å². The molecular weight excluding hydrogens is 614 g/mol. The first-order valence-corrected chi connectivity index (χ1v) is 13.5. The molecule has 1 saturated heterocycles. The molecule has 0 unspecified atom stereocenters. The van der Waals surface area contributed by atoms with E-state index in [4.69, 9.17) is 9.84 Å². The van der Waals surface area contributed by atoms with E-state index in [1.54, 1.807) is 36.4 Å². The third-order valence-corrected chi connectivity index (χ3v) is 7.21. The molecule has 0 saturated carbocycles. The van der Waals surface area contributed by atoms with Crippen molar-refractivity contribution in [1.82, 2.24) is 20.2 Å². The van der Waals surface area contributed by atoms with Gasteiger partial charge in [0.05, 0.1) is 24.5 Å². The van der Waals surface area contributed by atoms with Crippen molar-refractivity contribution < 1.29 is 23.8 Å². The molecule has 5 rings (SSSR count). The molecule has 0 spiro atoms. The topological polar surface area (TPSA) is 108 Å². The largest absolute Gasteiger partial charge is 0.491 e. The van der Waals surface area contributed by atoms with Crippen molar-refractivity contribution in [3.05, 3.63) is 105 Å². The molecule has 3 N–H and O–H groups in total. The Labute approximate surface area is 238 Å². The summed E-state index contributed by atoms with van der Waals surface area (Å²) in [5, 5.41) is 11.7. The summed E-state index contributed by atoms with van der Waals surface area (Å²) >= 11 is 2.05. The van der Waals surface area contributed by atoms with Gasteiger partial charge in [-0.25, -0.2) is 14.2 Å². The van der Waals surface area contributed by atoms with Crippen LogP contribution in [0, 0.1) is 9.39 Å². The van der Waals surface area contributed by atoms with Crippen molar-refractivity contribution in [3.63, 3.8) is 0 Å². The van der Waals surface area contributed by atoms with Gasteiger partial charge in [-0.3, -0.25) is 9.69 Å². The van der Waals surface area contributed by atoms with Crippen LogP contribution in [0.15, 0.2) is 79.0 Å². The Morgan fingerprint density at radius 3 is 2.56 bits per heavy atom. The third-order valence-electron chi connectivity index (χ3n) is 6.54. The number of urea groups is 1. The number of carbonyl (C=O) groups is 2. The van der Waals surface area contributed by atoms with Crippen LogP contribution in [0.1, 0.15) is 35.5 Å². The number of aliphatic hydroxyl groups is 1. The predicted octanol–water partition coefficient (Wildman–Crippen LogP) is 5.16. The summed E-state index contributed by atoms with van der Waals surface area (Å²) < 4.78 is 20.8. The third kappa shape index (κ3) is 5.96. The minimum Gasteiger partial charge on any atom is -0.491 e. The summed E-state index contributed by atoms with van der Waals surface area (Å²) in [6, 6.07) is 19.4. The van der Waals surface area contributed by atoms with Crippen LogP contribution in [0.5, 0.6) is 5.75 Å². The molecule has 39 heavy (non-hydrogen) atoms. The second kappa shape index (κ2) is 12.0. The Hall–Kier alpha value is -3.77. The molecule has 1 fully saturated rings. The minimum atomic E-state index is -0.869. The van der Waals surface area contributed by atoms with Crippen molar-refractivity contribution in [3.8, 4) is 17.0 Å². The van der Waals surface area contributed by atoms with E-state index in [1.165, 1.54) is 17.2 Å². The number of rotatable bonds is 10. The molecule has 0 aliphatic carbocycles. The first-order chi connectivity index (χ1) is 18.9. The standard InChI is InChI=1S/C29H26FIN4O4/c30-23-16-20(31)9-12-22(23)24-17-32-27(33-24)25(13-6-18-4-2-1-3-5-18)35-28(37)26(34-29(35)38)19-7-10-21(11-8-19)39-15-14-36/h1-5,7-12,16-17,25-26,36H,6,13-15H2,(H,32,33)(H,34,38)/t25-,26+/m0/s1. The van der Waals surface area contributed by atoms with Crippen molar-refractivity contribution in [2.24, 2.45) is 0 Å². The Morgan fingerprint density at radius 1 is 1.08 bits per heavy atom. The van der Waals surface area contributed by atoms with E-state index in [0.717, 1.165) is 9.13 Å². The van der Waals surface area contributed by atoms with Crippen LogP contribution in [0.2, 0.25) is 0 Å². The quantitative estimate of drug-likeness (QED) is 0.164. The van der Waals surface area contributed by atoms with Crippen LogP contribution in [0.25, 0.3) is 11.3 Å². The van der Waals surface area contributed by atoms with Gasteiger partial charge in [0, 0.05) is 9.13 Å². The summed E-state index contributed by atoms with van der Waals surface area (Å²) in [5.41, 5.74) is 2.48. The fraction of sp³-hybridized carbons (Fsp3) is 0.207. The van der Waals surface area contributed by atoms with Crippen LogP contribution >= 0.6 is 22.6 Å². The number of nitrogens with zero attached hydrogens (tertiary/aromatic N) is 2. The Bertz CT molecular complexity index is 1460. The zero-order chi connectivity index (χ0) is 27.4. The number of carbonyl (C=O) groups excluding carboxylic acids is 2. The number of imidazole rings is 1. The van der Waals surface area contributed by atoms with E-state index in [0.29, 0.717) is 41.2 Å². The number of aliphatic hydroxyl groups excluding tert-OH is 1. The predicted molar refractivity (Wildman–Crippen MR) is 151 cm³/mol. The first kappa shape index (κ1) is 26.8. The van der Waals surface area contributed by atoms with Gasteiger partial charge in [-0.1, -0.05) is 42.5 Å². The minimum absolute atomic E-state index is 0.108. The lowest BCUT2D eigenvalue weighted by Crippen LogP contribution is -2.36. The lowest BCUT2D eigenvalue weighted by molar-refractivity contribution is -0.129. The molecule has 4 aromatic rings. The number of imide groups is 1. The van der Waals surface area contributed by atoms with Crippen molar-refractivity contribution in [2.75, 3.05) is 13.2 Å². The van der Waals surface area contributed by atoms with Gasteiger partial charge in [0.25, 0.3) is 5.91 Å². The molecule has 2 atom stereocenters. The molecule has 0 bridgehead atoms. The second-order valence-electron chi connectivity index (χ2n) is 9.08. The monoisotopic (exact) mass is 640 g/mol. The lowest BCUT2D eigenvalue weighted by atomic mass is 10.0. The highest BCUT2D eigenvalue weighted by molar-refractivity contribution is 14.1. The highest BCUT2D eigenvalue weighted by Crippen LogP contribution is 2.34. The van der Waals surface area contributed by atoms with Crippen molar-refractivity contribution in [2.45, 2.75) is 24.9 Å². The highest BCUT2D eigenvalue weighted by atomic mass is 127. The summed E-state index contributed by atoms with van der Waals surface area (Å²) in [7, 11) is 0. The highest BCUT2D eigenvalue weighted by Gasteiger charge is 2.44. The molecule has 8 nitrogen and oxygen atoms in total. The van der Waals surface area contributed by atoms with Crippen LogP contribution in [-0.2, 0) is 11.2 Å². The molecule has 1 aliphatic heterocycles. The van der Waals surface area contributed by atoms with Gasteiger partial charge in [-0.05, 0) is 76.9 Å². The van der Waals surface area contributed by atoms with E-state index in [1.807, 2.05) is 52.9 Å². The van der Waals surface area contributed by atoms with Crippen LogP contribution < -0.4 is 10.1 Å². The average molecular weight is 640 g/mol. The molecule has 1 aromatic heterocycles. The number of aryl methyl sites for hydroxylation is 1. The fourth-order valence-corrected chi connectivity index (χ4v) is 5.08. The van der Waals surface area contributed by atoms with Crippen molar-refractivity contribution in [1.29, 1.82) is 0 Å².